The highest BCUT2D eigenvalue weighted by atomic mass is 15.1. The molecule has 0 aliphatic carbocycles. The number of nitrogens with zero attached hydrogens (tertiary/aromatic N) is 1. The average molecular weight is 230 g/mol. The van der Waals surface area contributed by atoms with Crippen LogP contribution in [0.25, 0.3) is 0 Å². The minimum atomic E-state index is 0.279. The molecule has 2 heterocycles. The van der Waals surface area contributed by atoms with Crippen molar-refractivity contribution in [3.8, 4) is 0 Å². The summed E-state index contributed by atoms with van der Waals surface area (Å²) in [6.07, 6.45) is 4.09. The lowest BCUT2D eigenvalue weighted by molar-refractivity contribution is 0.572. The Morgan fingerprint density at radius 3 is 2.65 bits per heavy atom. The van der Waals surface area contributed by atoms with Gasteiger partial charge in [-0.2, -0.15) is 0 Å². The monoisotopic (exact) mass is 230 g/mol. The van der Waals surface area contributed by atoms with Crippen LogP contribution in [0.15, 0.2) is 18.2 Å². The Kier molecular flexibility index (Phi) is 2.53. The predicted molar refractivity (Wildman–Crippen MR) is 74.0 cm³/mol. The molecule has 17 heavy (non-hydrogen) atoms. The Morgan fingerprint density at radius 1 is 1.12 bits per heavy atom. The molecule has 1 fully saturated rings. The van der Waals surface area contributed by atoms with Crippen LogP contribution in [-0.2, 0) is 5.41 Å². The molecule has 0 saturated carbocycles. The SMILES string of the molecule is CC1(C)CNc2ccc(N3CCCCC3)cc21. The zero-order valence-corrected chi connectivity index (χ0v) is 10.9. The van der Waals surface area contributed by atoms with E-state index in [0.717, 1.165) is 6.54 Å². The lowest BCUT2D eigenvalue weighted by atomic mass is 9.86. The van der Waals surface area contributed by atoms with Gasteiger partial charge in [0.1, 0.15) is 0 Å². The number of piperidine rings is 1. The molecule has 0 bridgehead atoms. The predicted octanol–water partition coefficient (Wildman–Crippen LogP) is 3.38. The maximum absolute atomic E-state index is 3.50. The highest BCUT2D eigenvalue weighted by Gasteiger charge is 2.30. The Morgan fingerprint density at radius 2 is 1.88 bits per heavy atom. The molecule has 2 heteroatoms. The molecule has 1 aromatic rings. The topological polar surface area (TPSA) is 15.3 Å². The van der Waals surface area contributed by atoms with Crippen LogP contribution in [0.4, 0.5) is 11.4 Å². The second-order valence-corrected chi connectivity index (χ2v) is 6.02. The van der Waals surface area contributed by atoms with Crippen LogP contribution in [-0.4, -0.2) is 19.6 Å². The molecule has 0 spiro atoms. The molecule has 1 saturated heterocycles. The first kappa shape index (κ1) is 10.9. The zero-order valence-electron chi connectivity index (χ0n) is 10.9. The van der Waals surface area contributed by atoms with Gasteiger partial charge >= 0.3 is 0 Å². The third-order valence-electron chi connectivity index (χ3n) is 4.17. The minimum Gasteiger partial charge on any atom is -0.384 e. The largest absolute Gasteiger partial charge is 0.384 e. The summed E-state index contributed by atoms with van der Waals surface area (Å²) in [7, 11) is 0. The number of rotatable bonds is 1. The van der Waals surface area contributed by atoms with E-state index in [2.05, 4.69) is 42.3 Å². The smallest absolute Gasteiger partial charge is 0.0380 e. The Balaban J connectivity index is 1.92. The Labute approximate surface area is 104 Å². The van der Waals surface area contributed by atoms with Crippen molar-refractivity contribution in [1.82, 2.24) is 0 Å². The number of nitrogens with one attached hydrogen (secondary N) is 1. The van der Waals surface area contributed by atoms with Crippen LogP contribution < -0.4 is 10.2 Å². The summed E-state index contributed by atoms with van der Waals surface area (Å²) in [6, 6.07) is 6.94. The molecular weight excluding hydrogens is 208 g/mol. The number of benzene rings is 1. The normalized spacial score (nSPS) is 22.1. The first-order chi connectivity index (χ1) is 8.17. The standard InChI is InChI=1S/C15H22N2/c1-15(2)11-16-14-7-6-12(10-13(14)15)17-8-4-3-5-9-17/h6-7,10,16H,3-5,8-9,11H2,1-2H3. The third-order valence-corrected chi connectivity index (χ3v) is 4.17. The highest BCUT2D eigenvalue weighted by molar-refractivity contribution is 5.66. The van der Waals surface area contributed by atoms with E-state index < -0.39 is 0 Å². The summed E-state index contributed by atoms with van der Waals surface area (Å²) < 4.78 is 0. The molecular formula is C15H22N2. The molecule has 2 aliphatic heterocycles. The lowest BCUT2D eigenvalue weighted by Gasteiger charge is -2.30. The maximum atomic E-state index is 3.50. The molecule has 0 aromatic heterocycles. The number of hydrogen-bond acceptors (Lipinski definition) is 2. The zero-order chi connectivity index (χ0) is 11.9. The summed E-state index contributed by atoms with van der Waals surface area (Å²) in [4.78, 5) is 2.54. The molecule has 1 N–H and O–H groups in total. The van der Waals surface area contributed by atoms with Crippen molar-refractivity contribution in [2.45, 2.75) is 38.5 Å². The summed E-state index contributed by atoms with van der Waals surface area (Å²) >= 11 is 0. The average Bonchev–Trinajstić information content (AvgIpc) is 2.66. The van der Waals surface area contributed by atoms with E-state index >= 15 is 0 Å². The van der Waals surface area contributed by atoms with Gasteiger partial charge in [-0.3, -0.25) is 0 Å². The summed E-state index contributed by atoms with van der Waals surface area (Å²) in [5, 5.41) is 3.50. The van der Waals surface area contributed by atoms with Crippen LogP contribution >= 0.6 is 0 Å². The molecule has 0 unspecified atom stereocenters. The van der Waals surface area contributed by atoms with Crippen LogP contribution in [0, 0.1) is 0 Å². The van der Waals surface area contributed by atoms with Crippen molar-refractivity contribution >= 4 is 11.4 Å². The van der Waals surface area contributed by atoms with Gasteiger partial charge in [0.05, 0.1) is 0 Å². The van der Waals surface area contributed by atoms with Gasteiger partial charge in [-0.1, -0.05) is 13.8 Å². The summed E-state index contributed by atoms with van der Waals surface area (Å²) in [6.45, 7) is 8.17. The Bertz CT molecular complexity index is 417. The summed E-state index contributed by atoms with van der Waals surface area (Å²) in [5.41, 5.74) is 4.51. The minimum absolute atomic E-state index is 0.279. The van der Waals surface area contributed by atoms with Gasteiger partial charge in [-0.25, -0.2) is 0 Å². The van der Waals surface area contributed by atoms with E-state index in [9.17, 15) is 0 Å². The van der Waals surface area contributed by atoms with Gasteiger partial charge in [0.2, 0.25) is 0 Å². The Hall–Kier alpha value is -1.18. The number of hydrogen-bond donors (Lipinski definition) is 1. The van der Waals surface area contributed by atoms with Crippen molar-refractivity contribution in [2.75, 3.05) is 29.9 Å². The number of anilines is 2. The highest BCUT2D eigenvalue weighted by Crippen LogP contribution is 2.38. The van der Waals surface area contributed by atoms with E-state index in [4.69, 9.17) is 0 Å². The quantitative estimate of drug-likeness (QED) is 0.795. The van der Waals surface area contributed by atoms with Crippen LogP contribution in [0.2, 0.25) is 0 Å². The fraction of sp³-hybridized carbons (Fsp3) is 0.600. The third kappa shape index (κ3) is 1.90. The van der Waals surface area contributed by atoms with Gasteiger partial charge in [-0.05, 0) is 43.0 Å². The molecule has 0 atom stereocenters. The van der Waals surface area contributed by atoms with Crippen LogP contribution in [0.1, 0.15) is 38.7 Å². The second kappa shape index (κ2) is 3.94. The van der Waals surface area contributed by atoms with Crippen LogP contribution in [0.3, 0.4) is 0 Å². The van der Waals surface area contributed by atoms with Gasteiger partial charge < -0.3 is 10.2 Å². The first-order valence-corrected chi connectivity index (χ1v) is 6.80. The lowest BCUT2D eigenvalue weighted by Crippen LogP contribution is -2.29. The second-order valence-electron chi connectivity index (χ2n) is 6.02. The first-order valence-electron chi connectivity index (χ1n) is 6.80. The van der Waals surface area contributed by atoms with Crippen molar-refractivity contribution in [3.63, 3.8) is 0 Å². The van der Waals surface area contributed by atoms with E-state index in [1.807, 2.05) is 0 Å². The number of fused-ring (bicyclic) bond motifs is 1. The van der Waals surface area contributed by atoms with Gasteiger partial charge in [0.15, 0.2) is 0 Å². The van der Waals surface area contributed by atoms with E-state index in [1.165, 1.54) is 49.3 Å². The van der Waals surface area contributed by atoms with Gasteiger partial charge in [0.25, 0.3) is 0 Å². The molecule has 2 aliphatic rings. The molecule has 2 nitrogen and oxygen atoms in total. The fourth-order valence-corrected chi connectivity index (χ4v) is 3.01. The summed E-state index contributed by atoms with van der Waals surface area (Å²) in [5.74, 6) is 0. The van der Waals surface area contributed by atoms with E-state index in [1.54, 1.807) is 0 Å². The maximum Gasteiger partial charge on any atom is 0.0380 e. The van der Waals surface area contributed by atoms with Gasteiger partial charge in [0, 0.05) is 36.4 Å². The van der Waals surface area contributed by atoms with Crippen molar-refractivity contribution < 1.29 is 0 Å². The van der Waals surface area contributed by atoms with Crippen molar-refractivity contribution in [2.24, 2.45) is 0 Å². The molecule has 3 rings (SSSR count). The van der Waals surface area contributed by atoms with Crippen LogP contribution in [0.5, 0.6) is 0 Å². The van der Waals surface area contributed by atoms with E-state index in [0.29, 0.717) is 0 Å². The molecule has 0 radical (unpaired) electrons. The van der Waals surface area contributed by atoms with Gasteiger partial charge in [-0.15, -0.1) is 0 Å². The van der Waals surface area contributed by atoms with Crippen molar-refractivity contribution in [3.05, 3.63) is 23.8 Å². The van der Waals surface area contributed by atoms with Crippen molar-refractivity contribution in [1.29, 1.82) is 0 Å². The molecule has 1 aromatic carbocycles. The molecule has 92 valence electrons. The fourth-order valence-electron chi connectivity index (χ4n) is 3.01. The molecule has 0 amide bonds. The van der Waals surface area contributed by atoms with E-state index in [-0.39, 0.29) is 5.41 Å².